The third-order valence-corrected chi connectivity index (χ3v) is 3.16. The molecule has 5 heteroatoms. The second-order valence-electron chi connectivity index (χ2n) is 4.38. The van der Waals surface area contributed by atoms with Gasteiger partial charge in [0.2, 0.25) is 0 Å². The fourth-order valence-electron chi connectivity index (χ4n) is 2.19. The Hall–Kier alpha value is -2.56. The standard InChI is InChI=1S/C14H13N3O2/c1-19-11-5-4-8-6-10(3-2-9(8)7-11)12-13(18)17-14(15)16-12/h2-7,12H,1H3,(H3,15,16,17,18). The van der Waals surface area contributed by atoms with Crippen LogP contribution in [0.25, 0.3) is 10.8 Å². The average Bonchev–Trinajstić information content (AvgIpc) is 2.76. The third kappa shape index (κ3) is 1.99. The van der Waals surface area contributed by atoms with Crippen molar-refractivity contribution < 1.29 is 9.53 Å². The van der Waals surface area contributed by atoms with Crippen LogP contribution in [0.5, 0.6) is 5.75 Å². The number of hydrogen-bond donors (Lipinski definition) is 2. The van der Waals surface area contributed by atoms with E-state index in [2.05, 4.69) is 10.3 Å². The van der Waals surface area contributed by atoms with Crippen molar-refractivity contribution in [2.75, 3.05) is 7.11 Å². The molecule has 19 heavy (non-hydrogen) atoms. The minimum atomic E-state index is -0.550. The average molecular weight is 255 g/mol. The van der Waals surface area contributed by atoms with Gasteiger partial charge in [-0.25, -0.2) is 4.99 Å². The minimum absolute atomic E-state index is 0.171. The molecule has 3 rings (SSSR count). The Labute approximate surface area is 110 Å². The lowest BCUT2D eigenvalue weighted by Gasteiger charge is -2.08. The van der Waals surface area contributed by atoms with Crippen molar-refractivity contribution in [3.63, 3.8) is 0 Å². The van der Waals surface area contributed by atoms with Crippen LogP contribution in [0.1, 0.15) is 11.6 Å². The number of amides is 1. The summed E-state index contributed by atoms with van der Waals surface area (Å²) in [5.41, 5.74) is 6.33. The molecule has 2 aromatic rings. The summed E-state index contributed by atoms with van der Waals surface area (Å²) in [7, 11) is 1.63. The van der Waals surface area contributed by atoms with Crippen LogP contribution in [0.4, 0.5) is 0 Å². The van der Waals surface area contributed by atoms with Gasteiger partial charge in [-0.1, -0.05) is 18.2 Å². The lowest BCUT2D eigenvalue weighted by Crippen LogP contribution is -2.31. The lowest BCUT2D eigenvalue weighted by atomic mass is 10.0. The van der Waals surface area contributed by atoms with Crippen LogP contribution >= 0.6 is 0 Å². The second-order valence-corrected chi connectivity index (χ2v) is 4.38. The van der Waals surface area contributed by atoms with Crippen molar-refractivity contribution in [3.05, 3.63) is 42.0 Å². The molecule has 5 nitrogen and oxygen atoms in total. The van der Waals surface area contributed by atoms with Crippen LogP contribution in [0, 0.1) is 0 Å². The van der Waals surface area contributed by atoms with Crippen LogP contribution in [0.3, 0.4) is 0 Å². The Kier molecular flexibility index (Phi) is 2.59. The van der Waals surface area contributed by atoms with Crippen LogP contribution in [-0.4, -0.2) is 19.0 Å². The maximum Gasteiger partial charge on any atom is 0.256 e. The first kappa shape index (κ1) is 11.5. The number of methoxy groups -OCH3 is 1. The number of guanidine groups is 1. The normalized spacial score (nSPS) is 18.3. The number of hydrogen-bond acceptors (Lipinski definition) is 4. The van der Waals surface area contributed by atoms with Crippen molar-refractivity contribution in [2.24, 2.45) is 10.7 Å². The Balaban J connectivity index is 2.05. The molecule has 1 aliphatic rings. The Bertz CT molecular complexity index is 694. The van der Waals surface area contributed by atoms with Crippen LogP contribution in [0.15, 0.2) is 41.4 Å². The zero-order valence-electron chi connectivity index (χ0n) is 10.4. The fraction of sp³-hybridized carbons (Fsp3) is 0.143. The molecule has 96 valence electrons. The van der Waals surface area contributed by atoms with Crippen molar-refractivity contribution >= 4 is 22.6 Å². The largest absolute Gasteiger partial charge is 0.497 e. The molecule has 0 radical (unpaired) electrons. The maximum atomic E-state index is 11.7. The van der Waals surface area contributed by atoms with Gasteiger partial charge in [-0.3, -0.25) is 10.1 Å². The molecular formula is C14H13N3O2. The molecular weight excluding hydrogens is 242 g/mol. The van der Waals surface area contributed by atoms with Crippen molar-refractivity contribution in [1.82, 2.24) is 5.32 Å². The highest BCUT2D eigenvalue weighted by Gasteiger charge is 2.26. The number of nitrogens with one attached hydrogen (secondary N) is 1. The summed E-state index contributed by atoms with van der Waals surface area (Å²) < 4.78 is 5.18. The number of nitrogens with two attached hydrogens (primary N) is 1. The van der Waals surface area contributed by atoms with Crippen LogP contribution < -0.4 is 15.8 Å². The van der Waals surface area contributed by atoms with Gasteiger partial charge in [0.1, 0.15) is 5.75 Å². The van der Waals surface area contributed by atoms with E-state index in [4.69, 9.17) is 10.5 Å². The third-order valence-electron chi connectivity index (χ3n) is 3.16. The van der Waals surface area contributed by atoms with Gasteiger partial charge in [-0.15, -0.1) is 0 Å². The molecule has 3 N–H and O–H groups in total. The first-order valence-corrected chi connectivity index (χ1v) is 5.89. The monoisotopic (exact) mass is 255 g/mol. The molecule has 0 aromatic heterocycles. The smallest absolute Gasteiger partial charge is 0.256 e. The molecule has 1 atom stereocenters. The highest BCUT2D eigenvalue weighted by molar-refractivity contribution is 6.04. The summed E-state index contributed by atoms with van der Waals surface area (Å²) in [4.78, 5) is 15.8. The second kappa shape index (κ2) is 4.28. The quantitative estimate of drug-likeness (QED) is 0.850. The predicted octanol–water partition coefficient (Wildman–Crippen LogP) is 1.33. The van der Waals surface area contributed by atoms with Gasteiger partial charge in [0.05, 0.1) is 7.11 Å². The lowest BCUT2D eigenvalue weighted by molar-refractivity contribution is -0.120. The number of carbonyl (C=O) groups excluding carboxylic acids is 1. The van der Waals surface area contributed by atoms with E-state index in [1.807, 2.05) is 36.4 Å². The fourth-order valence-corrected chi connectivity index (χ4v) is 2.19. The summed E-state index contributed by atoms with van der Waals surface area (Å²) in [6.07, 6.45) is 0. The number of fused-ring (bicyclic) bond motifs is 1. The van der Waals surface area contributed by atoms with Crippen LogP contribution in [0.2, 0.25) is 0 Å². The van der Waals surface area contributed by atoms with E-state index in [1.54, 1.807) is 7.11 Å². The van der Waals surface area contributed by atoms with E-state index in [0.717, 1.165) is 22.1 Å². The number of ether oxygens (including phenoxy) is 1. The number of benzene rings is 2. The van der Waals surface area contributed by atoms with E-state index in [1.165, 1.54) is 0 Å². The molecule has 2 aromatic carbocycles. The first-order chi connectivity index (χ1) is 9.17. The number of carbonyl (C=O) groups is 1. The van der Waals surface area contributed by atoms with E-state index >= 15 is 0 Å². The number of rotatable bonds is 2. The summed E-state index contributed by atoms with van der Waals surface area (Å²) in [6, 6.07) is 11.0. The molecule has 0 aliphatic carbocycles. The van der Waals surface area contributed by atoms with Gasteiger partial charge in [0.15, 0.2) is 12.0 Å². The topological polar surface area (TPSA) is 76.7 Å². The molecule has 0 saturated heterocycles. The summed E-state index contributed by atoms with van der Waals surface area (Å²) in [5, 5.41) is 4.59. The van der Waals surface area contributed by atoms with E-state index in [9.17, 15) is 4.79 Å². The zero-order valence-corrected chi connectivity index (χ0v) is 10.4. The molecule has 0 bridgehead atoms. The Morgan fingerprint density at radius 3 is 2.63 bits per heavy atom. The summed E-state index contributed by atoms with van der Waals surface area (Å²) >= 11 is 0. The molecule has 1 unspecified atom stereocenters. The van der Waals surface area contributed by atoms with Crippen molar-refractivity contribution in [2.45, 2.75) is 6.04 Å². The highest BCUT2D eigenvalue weighted by atomic mass is 16.5. The molecule has 0 fully saturated rings. The summed E-state index contributed by atoms with van der Waals surface area (Å²) in [6.45, 7) is 0. The van der Waals surface area contributed by atoms with Gasteiger partial charge >= 0.3 is 0 Å². The zero-order chi connectivity index (χ0) is 13.4. The van der Waals surface area contributed by atoms with Gasteiger partial charge in [0.25, 0.3) is 5.91 Å². The van der Waals surface area contributed by atoms with Gasteiger partial charge in [-0.2, -0.15) is 0 Å². The molecule has 1 aliphatic heterocycles. The highest BCUT2D eigenvalue weighted by Crippen LogP contribution is 2.27. The van der Waals surface area contributed by atoms with Gasteiger partial charge < -0.3 is 10.5 Å². The van der Waals surface area contributed by atoms with Gasteiger partial charge in [-0.05, 0) is 34.5 Å². The Morgan fingerprint density at radius 1 is 1.21 bits per heavy atom. The SMILES string of the molecule is COc1ccc2cc(C3N=C(N)NC3=O)ccc2c1. The molecule has 1 heterocycles. The molecule has 0 spiro atoms. The maximum absolute atomic E-state index is 11.7. The van der Waals surface area contributed by atoms with E-state index in [0.29, 0.717) is 0 Å². The minimum Gasteiger partial charge on any atom is -0.497 e. The Morgan fingerprint density at radius 2 is 1.95 bits per heavy atom. The van der Waals surface area contributed by atoms with E-state index in [-0.39, 0.29) is 11.9 Å². The molecule has 1 amide bonds. The number of nitrogens with zero attached hydrogens (tertiary/aromatic N) is 1. The van der Waals surface area contributed by atoms with Crippen molar-refractivity contribution in [1.29, 1.82) is 0 Å². The number of aliphatic imine (C=N–C) groups is 1. The van der Waals surface area contributed by atoms with Crippen LogP contribution in [-0.2, 0) is 4.79 Å². The summed E-state index contributed by atoms with van der Waals surface area (Å²) in [5.74, 6) is 0.788. The predicted molar refractivity (Wildman–Crippen MR) is 73.0 cm³/mol. The van der Waals surface area contributed by atoms with Crippen molar-refractivity contribution in [3.8, 4) is 5.75 Å². The van der Waals surface area contributed by atoms with E-state index < -0.39 is 6.04 Å². The van der Waals surface area contributed by atoms with Gasteiger partial charge in [0, 0.05) is 0 Å². The molecule has 0 saturated carbocycles. The first-order valence-electron chi connectivity index (χ1n) is 5.89.